The number of benzene rings is 3. The van der Waals surface area contributed by atoms with E-state index >= 15 is 0 Å². The van der Waals surface area contributed by atoms with Crippen molar-refractivity contribution >= 4 is 0 Å². The predicted molar refractivity (Wildman–Crippen MR) is 110 cm³/mol. The van der Waals surface area contributed by atoms with Gasteiger partial charge < -0.3 is 14.6 Å². The van der Waals surface area contributed by atoms with Crippen molar-refractivity contribution in [1.82, 2.24) is 0 Å². The van der Waals surface area contributed by atoms with Crippen molar-refractivity contribution in [3.8, 4) is 0 Å². The van der Waals surface area contributed by atoms with Crippen LogP contribution >= 0.6 is 0 Å². The fourth-order valence-corrected chi connectivity index (χ4v) is 4.05. The summed E-state index contributed by atoms with van der Waals surface area (Å²) >= 11 is 0. The summed E-state index contributed by atoms with van der Waals surface area (Å²) in [6, 6.07) is 30.8. The van der Waals surface area contributed by atoms with E-state index < -0.39 is 11.2 Å². The minimum atomic E-state index is -0.780. The average Bonchev–Trinajstić information content (AvgIpc) is 3.26. The second-order valence-corrected chi connectivity index (χ2v) is 7.36. The van der Waals surface area contributed by atoms with Gasteiger partial charge in [-0.15, -0.1) is 0 Å². The first-order valence-electron chi connectivity index (χ1n) is 9.84. The van der Waals surface area contributed by atoms with Gasteiger partial charge in [-0.2, -0.15) is 0 Å². The van der Waals surface area contributed by atoms with Crippen molar-refractivity contribution in [3.05, 3.63) is 108 Å². The molecule has 1 aliphatic heterocycles. The Labute approximate surface area is 166 Å². The van der Waals surface area contributed by atoms with Crippen LogP contribution in [0.2, 0.25) is 0 Å². The maximum atomic E-state index is 10.0. The van der Waals surface area contributed by atoms with Gasteiger partial charge in [0.05, 0.1) is 13.2 Å². The summed E-state index contributed by atoms with van der Waals surface area (Å²) in [5.41, 5.74) is 1.75. The van der Waals surface area contributed by atoms with Gasteiger partial charge in [0.1, 0.15) is 11.2 Å². The van der Waals surface area contributed by atoms with Gasteiger partial charge in [-0.3, -0.25) is 0 Å². The van der Waals surface area contributed by atoms with Gasteiger partial charge >= 0.3 is 0 Å². The molecule has 0 bridgehead atoms. The van der Waals surface area contributed by atoms with Gasteiger partial charge in [-0.1, -0.05) is 91.0 Å². The highest BCUT2D eigenvalue weighted by Crippen LogP contribution is 2.42. The molecule has 3 heteroatoms. The molecule has 0 unspecified atom stereocenters. The number of rotatable bonds is 7. The summed E-state index contributed by atoms with van der Waals surface area (Å²) in [5.74, 6) is 0. The van der Waals surface area contributed by atoms with Crippen LogP contribution in [0.25, 0.3) is 0 Å². The first kappa shape index (κ1) is 18.9. The van der Waals surface area contributed by atoms with Gasteiger partial charge in [-0.05, 0) is 29.5 Å². The van der Waals surface area contributed by atoms with Gasteiger partial charge in [0.15, 0.2) is 0 Å². The fourth-order valence-electron chi connectivity index (χ4n) is 4.05. The molecule has 0 radical (unpaired) electrons. The molecule has 0 spiro atoms. The quantitative estimate of drug-likeness (QED) is 0.617. The molecule has 1 aliphatic rings. The molecule has 0 aromatic heterocycles. The second kappa shape index (κ2) is 8.27. The molecule has 0 saturated carbocycles. The molecule has 1 N–H and O–H groups in total. The molecule has 144 valence electrons. The molecule has 3 nitrogen and oxygen atoms in total. The topological polar surface area (TPSA) is 38.7 Å². The van der Waals surface area contributed by atoms with E-state index in [0.717, 1.165) is 29.5 Å². The summed E-state index contributed by atoms with van der Waals surface area (Å²) in [6.07, 6.45) is 1.75. The minimum absolute atomic E-state index is 0.0402. The highest BCUT2D eigenvalue weighted by atomic mass is 16.6. The summed E-state index contributed by atoms with van der Waals surface area (Å²) in [6.45, 7) is 0.947. The van der Waals surface area contributed by atoms with Crippen LogP contribution < -0.4 is 0 Å². The van der Waals surface area contributed by atoms with Crippen molar-refractivity contribution in [2.45, 2.75) is 24.0 Å². The van der Waals surface area contributed by atoms with E-state index in [1.807, 2.05) is 54.6 Å². The highest BCUT2D eigenvalue weighted by molar-refractivity contribution is 5.47. The van der Waals surface area contributed by atoms with E-state index in [-0.39, 0.29) is 6.61 Å². The molecule has 1 fully saturated rings. The van der Waals surface area contributed by atoms with E-state index in [1.165, 1.54) is 0 Å². The maximum Gasteiger partial charge on any atom is 0.143 e. The lowest BCUT2D eigenvalue weighted by Gasteiger charge is -2.39. The third-order valence-corrected chi connectivity index (χ3v) is 5.57. The van der Waals surface area contributed by atoms with Crippen LogP contribution in [0.15, 0.2) is 91.0 Å². The molecule has 28 heavy (non-hydrogen) atoms. The zero-order valence-electron chi connectivity index (χ0n) is 16.0. The molecule has 1 heterocycles. The Kier molecular flexibility index (Phi) is 5.58. The van der Waals surface area contributed by atoms with Crippen molar-refractivity contribution in [2.24, 2.45) is 0 Å². The molecule has 1 atom stereocenters. The zero-order chi connectivity index (χ0) is 19.3. The van der Waals surface area contributed by atoms with Gasteiger partial charge in [0.2, 0.25) is 0 Å². The summed E-state index contributed by atoms with van der Waals surface area (Å²) in [7, 11) is 0. The third kappa shape index (κ3) is 3.49. The van der Waals surface area contributed by atoms with E-state index in [2.05, 4.69) is 36.4 Å². The van der Waals surface area contributed by atoms with E-state index in [0.29, 0.717) is 13.2 Å². The smallest absolute Gasteiger partial charge is 0.143 e. The van der Waals surface area contributed by atoms with E-state index in [4.69, 9.17) is 9.47 Å². The monoisotopic (exact) mass is 374 g/mol. The lowest BCUT2D eigenvalue weighted by Crippen LogP contribution is -2.43. The van der Waals surface area contributed by atoms with Crippen molar-refractivity contribution in [1.29, 1.82) is 0 Å². The summed E-state index contributed by atoms with van der Waals surface area (Å²) < 4.78 is 12.7. The van der Waals surface area contributed by atoms with Gasteiger partial charge in [-0.25, -0.2) is 0 Å². The summed E-state index contributed by atoms with van der Waals surface area (Å²) in [5, 5.41) is 10.0. The van der Waals surface area contributed by atoms with Crippen molar-refractivity contribution in [2.75, 3.05) is 19.8 Å². The van der Waals surface area contributed by atoms with Crippen LogP contribution in [0.5, 0.6) is 0 Å². The molecule has 3 aromatic carbocycles. The van der Waals surface area contributed by atoms with Crippen LogP contribution in [-0.2, 0) is 15.1 Å². The summed E-state index contributed by atoms with van der Waals surface area (Å²) in [4.78, 5) is 0. The minimum Gasteiger partial charge on any atom is -0.393 e. The van der Waals surface area contributed by atoms with Crippen LogP contribution in [-0.4, -0.2) is 30.5 Å². The molecule has 0 amide bonds. The SMILES string of the molecule is OC[C@]1(COC(c2ccccc2)(c2ccccc2)c2ccccc2)CCCO1. The second-order valence-electron chi connectivity index (χ2n) is 7.36. The van der Waals surface area contributed by atoms with E-state index in [1.54, 1.807) is 0 Å². The van der Waals surface area contributed by atoms with Crippen LogP contribution in [0.1, 0.15) is 29.5 Å². The Morgan fingerprint density at radius 1 is 0.786 bits per heavy atom. The molecular weight excluding hydrogens is 348 g/mol. The lowest BCUT2D eigenvalue weighted by molar-refractivity contribution is -0.122. The molecule has 1 saturated heterocycles. The van der Waals surface area contributed by atoms with Crippen LogP contribution in [0.3, 0.4) is 0 Å². The van der Waals surface area contributed by atoms with Crippen molar-refractivity contribution in [3.63, 3.8) is 0 Å². The Balaban J connectivity index is 1.86. The van der Waals surface area contributed by atoms with Gasteiger partial charge in [0.25, 0.3) is 0 Å². The Hall–Kier alpha value is -2.46. The fraction of sp³-hybridized carbons (Fsp3) is 0.280. The number of ether oxygens (including phenoxy) is 2. The molecule has 3 aromatic rings. The highest BCUT2D eigenvalue weighted by Gasteiger charge is 2.42. The van der Waals surface area contributed by atoms with Gasteiger partial charge in [0, 0.05) is 6.61 Å². The van der Waals surface area contributed by atoms with Crippen LogP contribution in [0.4, 0.5) is 0 Å². The normalized spacial score (nSPS) is 19.6. The first-order valence-corrected chi connectivity index (χ1v) is 9.84. The van der Waals surface area contributed by atoms with Crippen LogP contribution in [0, 0.1) is 0 Å². The lowest BCUT2D eigenvalue weighted by atomic mass is 9.80. The maximum absolute atomic E-state index is 10.0. The first-order chi connectivity index (χ1) is 13.8. The van der Waals surface area contributed by atoms with Crippen molar-refractivity contribution < 1.29 is 14.6 Å². The Morgan fingerprint density at radius 2 is 1.25 bits per heavy atom. The standard InChI is InChI=1S/C25H26O3/c26-19-24(17-10-18-27-24)20-28-25(21-11-4-1-5-12-21,22-13-6-2-7-14-22)23-15-8-3-9-16-23/h1-9,11-16,26H,10,17-20H2/t24-/m0/s1. The number of aliphatic hydroxyl groups is 1. The molecule has 4 rings (SSSR count). The zero-order valence-corrected chi connectivity index (χ0v) is 16.0. The molecular formula is C25H26O3. The third-order valence-electron chi connectivity index (χ3n) is 5.57. The van der Waals surface area contributed by atoms with E-state index in [9.17, 15) is 5.11 Å². The predicted octanol–water partition coefficient (Wildman–Crippen LogP) is 4.54. The number of aliphatic hydroxyl groups excluding tert-OH is 1. The number of hydrogen-bond donors (Lipinski definition) is 1. The average molecular weight is 374 g/mol. The number of hydrogen-bond acceptors (Lipinski definition) is 3. The Morgan fingerprint density at radius 3 is 1.61 bits per heavy atom. The largest absolute Gasteiger partial charge is 0.393 e. The Bertz CT molecular complexity index is 759. The molecule has 0 aliphatic carbocycles.